The smallest absolute Gasteiger partial charge is 0.181 e. The lowest BCUT2D eigenvalue weighted by molar-refractivity contribution is 0.287. The minimum atomic E-state index is -3.40. The van der Waals surface area contributed by atoms with E-state index in [9.17, 15) is 8.42 Å². The maximum Gasteiger partial charge on any atom is 0.181 e. The number of aryl methyl sites for hydroxylation is 2. The Balaban J connectivity index is 3.33. The van der Waals surface area contributed by atoms with Crippen molar-refractivity contribution < 1.29 is 18.3 Å². The molecule has 18 heavy (non-hydrogen) atoms. The second-order valence-corrected chi connectivity index (χ2v) is 6.76. The highest BCUT2D eigenvalue weighted by Crippen LogP contribution is 2.29. The van der Waals surface area contributed by atoms with Crippen LogP contribution in [0.25, 0.3) is 0 Å². The van der Waals surface area contributed by atoms with Crippen LogP contribution >= 0.6 is 0 Å². The summed E-state index contributed by atoms with van der Waals surface area (Å²) < 4.78 is 29.9. The van der Waals surface area contributed by atoms with Crippen molar-refractivity contribution in [2.75, 3.05) is 13.7 Å². The first kappa shape index (κ1) is 15.0. The third kappa shape index (κ3) is 2.84. The molecule has 1 rings (SSSR count). The monoisotopic (exact) mass is 272 g/mol. The van der Waals surface area contributed by atoms with Crippen LogP contribution in [0.5, 0.6) is 5.75 Å². The molecule has 0 fully saturated rings. The summed E-state index contributed by atoms with van der Waals surface area (Å²) >= 11 is 0. The highest BCUT2D eigenvalue weighted by atomic mass is 32.2. The van der Waals surface area contributed by atoms with Gasteiger partial charge in [-0.3, -0.25) is 0 Å². The van der Waals surface area contributed by atoms with Crippen molar-refractivity contribution in [1.82, 2.24) is 0 Å². The van der Waals surface area contributed by atoms with Gasteiger partial charge in [-0.15, -0.1) is 0 Å². The molecule has 102 valence electrons. The van der Waals surface area contributed by atoms with Gasteiger partial charge in [0.1, 0.15) is 5.75 Å². The number of hydrogen-bond donors (Lipinski definition) is 1. The lowest BCUT2D eigenvalue weighted by Gasteiger charge is -2.17. The number of aliphatic hydroxyl groups is 1. The van der Waals surface area contributed by atoms with Crippen molar-refractivity contribution in [3.63, 3.8) is 0 Å². The molecule has 1 unspecified atom stereocenters. The number of sulfone groups is 1. The Morgan fingerprint density at radius 1 is 1.28 bits per heavy atom. The molecule has 1 atom stereocenters. The van der Waals surface area contributed by atoms with Crippen LogP contribution in [-0.4, -0.2) is 32.5 Å². The molecule has 0 aliphatic carbocycles. The molecule has 1 N–H and O–H groups in total. The van der Waals surface area contributed by atoms with E-state index < -0.39 is 15.1 Å². The van der Waals surface area contributed by atoms with Gasteiger partial charge >= 0.3 is 0 Å². The molecule has 0 aromatic heterocycles. The van der Waals surface area contributed by atoms with E-state index >= 15 is 0 Å². The third-order valence-electron chi connectivity index (χ3n) is 3.02. The molecule has 0 saturated heterocycles. The summed E-state index contributed by atoms with van der Waals surface area (Å²) in [6.07, 6.45) is 0.243. The van der Waals surface area contributed by atoms with E-state index in [-0.39, 0.29) is 13.0 Å². The van der Waals surface area contributed by atoms with E-state index in [1.54, 1.807) is 40.0 Å². The number of rotatable bonds is 5. The average molecular weight is 272 g/mol. The number of aliphatic hydroxyl groups excluding tert-OH is 1. The van der Waals surface area contributed by atoms with Gasteiger partial charge in [0.15, 0.2) is 9.84 Å². The van der Waals surface area contributed by atoms with Gasteiger partial charge in [0.05, 0.1) is 17.3 Å². The summed E-state index contributed by atoms with van der Waals surface area (Å²) in [4.78, 5) is 0.351. The van der Waals surface area contributed by atoms with Gasteiger partial charge in [0, 0.05) is 6.61 Å². The Labute approximate surface area is 109 Å². The summed E-state index contributed by atoms with van der Waals surface area (Å²) in [5.74, 6) is 0.652. The lowest BCUT2D eigenvalue weighted by atomic mass is 10.1. The van der Waals surface area contributed by atoms with Crippen molar-refractivity contribution in [3.05, 3.63) is 23.3 Å². The summed E-state index contributed by atoms with van der Waals surface area (Å²) in [5.41, 5.74) is 1.35. The van der Waals surface area contributed by atoms with Crippen LogP contribution in [0.4, 0.5) is 0 Å². The fourth-order valence-electron chi connectivity index (χ4n) is 2.02. The summed E-state index contributed by atoms with van der Waals surface area (Å²) in [7, 11) is -1.85. The predicted octanol–water partition coefficient (Wildman–Crippen LogP) is 1.86. The van der Waals surface area contributed by atoms with E-state index in [0.717, 1.165) is 0 Å². The molecular weight excluding hydrogens is 252 g/mol. The van der Waals surface area contributed by atoms with Crippen LogP contribution in [0.15, 0.2) is 17.0 Å². The van der Waals surface area contributed by atoms with E-state index in [2.05, 4.69) is 0 Å². The maximum absolute atomic E-state index is 12.4. The van der Waals surface area contributed by atoms with Crippen LogP contribution in [0, 0.1) is 13.8 Å². The van der Waals surface area contributed by atoms with Gasteiger partial charge in [-0.25, -0.2) is 8.42 Å². The first-order valence-corrected chi connectivity index (χ1v) is 7.39. The third-order valence-corrected chi connectivity index (χ3v) is 5.53. The molecule has 0 aliphatic rings. The number of hydrogen-bond acceptors (Lipinski definition) is 4. The molecule has 0 radical (unpaired) electrons. The Morgan fingerprint density at radius 3 is 2.17 bits per heavy atom. The molecule has 0 saturated carbocycles. The van der Waals surface area contributed by atoms with Gasteiger partial charge < -0.3 is 9.84 Å². The fraction of sp³-hybridized carbons (Fsp3) is 0.538. The molecule has 0 heterocycles. The van der Waals surface area contributed by atoms with Crippen molar-refractivity contribution in [3.8, 4) is 5.75 Å². The van der Waals surface area contributed by atoms with Crippen LogP contribution < -0.4 is 4.74 Å². The van der Waals surface area contributed by atoms with Crippen LogP contribution in [-0.2, 0) is 9.84 Å². The van der Waals surface area contributed by atoms with Crippen molar-refractivity contribution in [2.24, 2.45) is 0 Å². The Bertz CT molecular complexity index is 497. The van der Waals surface area contributed by atoms with Crippen LogP contribution in [0.1, 0.15) is 24.5 Å². The molecule has 4 nitrogen and oxygen atoms in total. The van der Waals surface area contributed by atoms with Gasteiger partial charge in [0.2, 0.25) is 0 Å². The zero-order valence-corrected chi connectivity index (χ0v) is 12.0. The molecule has 0 amide bonds. The second-order valence-electron chi connectivity index (χ2n) is 4.46. The Morgan fingerprint density at radius 2 is 1.78 bits per heavy atom. The van der Waals surface area contributed by atoms with E-state index in [0.29, 0.717) is 21.8 Å². The lowest BCUT2D eigenvalue weighted by Crippen LogP contribution is -2.21. The zero-order chi connectivity index (χ0) is 13.9. The SMILES string of the molecule is COc1cc(C)c(S(=O)(=O)C(C)CCO)c(C)c1. The molecule has 0 bridgehead atoms. The van der Waals surface area contributed by atoms with Crippen LogP contribution in [0.3, 0.4) is 0 Å². The molecule has 5 heteroatoms. The summed E-state index contributed by atoms with van der Waals surface area (Å²) in [6, 6.07) is 3.43. The highest BCUT2D eigenvalue weighted by Gasteiger charge is 2.26. The van der Waals surface area contributed by atoms with Crippen molar-refractivity contribution in [1.29, 1.82) is 0 Å². The topological polar surface area (TPSA) is 63.6 Å². The largest absolute Gasteiger partial charge is 0.497 e. The van der Waals surface area contributed by atoms with Gasteiger partial charge in [-0.05, 0) is 50.5 Å². The minimum Gasteiger partial charge on any atom is -0.497 e. The summed E-state index contributed by atoms with van der Waals surface area (Å²) in [6.45, 7) is 5.01. The quantitative estimate of drug-likeness (QED) is 0.888. The Hall–Kier alpha value is -1.07. The van der Waals surface area contributed by atoms with E-state index in [1.165, 1.54) is 0 Å². The van der Waals surface area contributed by atoms with Crippen molar-refractivity contribution in [2.45, 2.75) is 37.3 Å². The highest BCUT2D eigenvalue weighted by molar-refractivity contribution is 7.92. The second kappa shape index (κ2) is 5.71. The summed E-state index contributed by atoms with van der Waals surface area (Å²) in [5, 5.41) is 8.29. The van der Waals surface area contributed by atoms with Crippen LogP contribution in [0.2, 0.25) is 0 Å². The van der Waals surface area contributed by atoms with Crippen molar-refractivity contribution >= 4 is 9.84 Å². The molecular formula is C13H20O4S. The van der Waals surface area contributed by atoms with Gasteiger partial charge in [0.25, 0.3) is 0 Å². The first-order valence-electron chi connectivity index (χ1n) is 5.84. The molecule has 1 aromatic carbocycles. The zero-order valence-electron chi connectivity index (χ0n) is 11.2. The maximum atomic E-state index is 12.4. The number of methoxy groups -OCH3 is 1. The Kier molecular flexibility index (Phi) is 4.76. The number of benzene rings is 1. The van der Waals surface area contributed by atoms with Gasteiger partial charge in [-0.2, -0.15) is 0 Å². The molecule has 0 aliphatic heterocycles. The average Bonchev–Trinajstić information content (AvgIpc) is 2.27. The number of ether oxygens (including phenoxy) is 1. The first-order chi connectivity index (χ1) is 8.34. The fourth-order valence-corrected chi connectivity index (χ4v) is 3.85. The molecule has 0 spiro atoms. The standard InChI is InChI=1S/C13H20O4S/c1-9-7-12(17-4)8-10(2)13(9)18(15,16)11(3)5-6-14/h7-8,11,14H,5-6H2,1-4H3. The van der Waals surface area contributed by atoms with Gasteiger partial charge in [-0.1, -0.05) is 0 Å². The minimum absolute atomic E-state index is 0.130. The van der Waals surface area contributed by atoms with E-state index in [1.807, 2.05) is 0 Å². The predicted molar refractivity (Wildman–Crippen MR) is 70.8 cm³/mol. The molecule has 1 aromatic rings. The van der Waals surface area contributed by atoms with E-state index in [4.69, 9.17) is 9.84 Å². The normalized spacial score (nSPS) is 13.4.